The van der Waals surface area contributed by atoms with Gasteiger partial charge in [0.05, 0.1) is 27.9 Å². The predicted molar refractivity (Wildman–Crippen MR) is 54.8 cm³/mol. The summed E-state index contributed by atoms with van der Waals surface area (Å²) in [7, 11) is 4.80. The lowest BCUT2D eigenvalue weighted by Gasteiger charge is -2.13. The summed E-state index contributed by atoms with van der Waals surface area (Å²) in [6, 6.07) is 3.83. The van der Waals surface area contributed by atoms with Gasteiger partial charge in [-0.25, -0.2) is 0 Å². The number of ether oxygens (including phenoxy) is 4. The minimum absolute atomic E-state index is 0.179. The van der Waals surface area contributed by atoms with E-state index in [9.17, 15) is 0 Å². The Bertz CT molecular complexity index is 333. The van der Waals surface area contributed by atoms with Crippen LogP contribution in [0.2, 0.25) is 0 Å². The zero-order valence-corrected chi connectivity index (χ0v) is 9.07. The number of benzene rings is 1. The van der Waals surface area contributed by atoms with E-state index in [4.69, 9.17) is 18.9 Å². The number of rotatable bonds is 4. The van der Waals surface area contributed by atoms with E-state index in [0.29, 0.717) is 17.2 Å². The van der Waals surface area contributed by atoms with E-state index >= 15 is 0 Å². The van der Waals surface area contributed by atoms with Gasteiger partial charge in [0.25, 0.3) is 0 Å². The number of hydrogen-bond acceptors (Lipinski definition) is 4. The van der Waals surface area contributed by atoms with Gasteiger partial charge < -0.3 is 18.9 Å². The molecule has 1 fully saturated rings. The number of hydrogen-bond donors (Lipinski definition) is 0. The van der Waals surface area contributed by atoms with Crippen LogP contribution >= 0.6 is 0 Å². The monoisotopic (exact) mass is 210 g/mol. The fourth-order valence-corrected chi connectivity index (χ4v) is 1.53. The molecule has 4 heteroatoms. The van der Waals surface area contributed by atoms with Crippen LogP contribution in [-0.2, 0) is 4.74 Å². The average Bonchev–Trinajstić information content (AvgIpc) is 3.10. The Morgan fingerprint density at radius 3 is 1.93 bits per heavy atom. The highest BCUT2D eigenvalue weighted by Crippen LogP contribution is 2.42. The Labute approximate surface area is 88.7 Å². The Morgan fingerprint density at radius 2 is 1.60 bits per heavy atom. The summed E-state index contributed by atoms with van der Waals surface area (Å²) in [5.74, 6) is 1.95. The van der Waals surface area contributed by atoms with Gasteiger partial charge >= 0.3 is 0 Å². The highest BCUT2D eigenvalue weighted by atomic mass is 16.6. The quantitative estimate of drug-likeness (QED) is 0.710. The van der Waals surface area contributed by atoms with Crippen molar-refractivity contribution in [3.05, 3.63) is 17.7 Å². The van der Waals surface area contributed by atoms with Crippen LogP contribution in [0.5, 0.6) is 17.2 Å². The molecule has 1 aromatic carbocycles. The molecular weight excluding hydrogens is 196 g/mol. The first-order valence-corrected chi connectivity index (χ1v) is 4.71. The van der Waals surface area contributed by atoms with Crippen LogP contribution in [-0.4, -0.2) is 27.9 Å². The van der Waals surface area contributed by atoms with Crippen molar-refractivity contribution in [3.63, 3.8) is 0 Å². The first-order chi connectivity index (χ1) is 7.30. The van der Waals surface area contributed by atoms with Crippen LogP contribution in [0.3, 0.4) is 0 Å². The van der Waals surface area contributed by atoms with Crippen LogP contribution in [0.4, 0.5) is 0 Å². The molecule has 0 N–H and O–H groups in total. The van der Waals surface area contributed by atoms with Gasteiger partial charge in [-0.2, -0.15) is 0 Å². The maximum Gasteiger partial charge on any atom is 0.203 e. The molecular formula is C11H14O4. The van der Waals surface area contributed by atoms with Gasteiger partial charge in [-0.1, -0.05) is 0 Å². The van der Waals surface area contributed by atoms with Gasteiger partial charge in [0, 0.05) is 0 Å². The molecule has 1 atom stereocenters. The van der Waals surface area contributed by atoms with Crippen molar-refractivity contribution in [2.24, 2.45) is 0 Å². The first kappa shape index (κ1) is 10.1. The minimum Gasteiger partial charge on any atom is -0.493 e. The lowest BCUT2D eigenvalue weighted by Crippen LogP contribution is -1.96. The van der Waals surface area contributed by atoms with Crippen LogP contribution in [0.1, 0.15) is 11.7 Å². The van der Waals surface area contributed by atoms with Crippen molar-refractivity contribution < 1.29 is 18.9 Å². The Hall–Kier alpha value is -1.42. The highest BCUT2D eigenvalue weighted by Gasteiger charge is 2.27. The highest BCUT2D eigenvalue weighted by molar-refractivity contribution is 5.54. The minimum atomic E-state index is 0.179. The van der Waals surface area contributed by atoms with Crippen molar-refractivity contribution >= 4 is 0 Å². The summed E-state index contributed by atoms with van der Waals surface area (Å²) >= 11 is 0. The molecule has 1 aliphatic rings. The second-order valence-corrected chi connectivity index (χ2v) is 3.28. The summed E-state index contributed by atoms with van der Waals surface area (Å²) in [6.07, 6.45) is 0.179. The van der Waals surface area contributed by atoms with Crippen LogP contribution < -0.4 is 14.2 Å². The van der Waals surface area contributed by atoms with Crippen molar-refractivity contribution in [1.82, 2.24) is 0 Å². The molecule has 0 bridgehead atoms. The molecule has 15 heavy (non-hydrogen) atoms. The third-order valence-corrected chi connectivity index (χ3v) is 2.39. The first-order valence-electron chi connectivity index (χ1n) is 4.71. The summed E-state index contributed by atoms with van der Waals surface area (Å²) in [5.41, 5.74) is 1.06. The van der Waals surface area contributed by atoms with Crippen molar-refractivity contribution in [2.45, 2.75) is 6.10 Å². The number of epoxide rings is 1. The van der Waals surface area contributed by atoms with Crippen molar-refractivity contribution in [1.29, 1.82) is 0 Å². The van der Waals surface area contributed by atoms with E-state index in [1.807, 2.05) is 12.1 Å². The lowest BCUT2D eigenvalue weighted by atomic mass is 10.1. The predicted octanol–water partition coefficient (Wildman–Crippen LogP) is 1.78. The standard InChI is InChI=1S/C11H14O4/c1-12-8-4-7(10-6-15-10)5-9(13-2)11(8)14-3/h4-5,10H,6H2,1-3H3/t10-/m0/s1. The molecule has 2 rings (SSSR count). The molecule has 0 saturated carbocycles. The van der Waals surface area contributed by atoms with E-state index in [2.05, 4.69) is 0 Å². The maximum absolute atomic E-state index is 5.24. The van der Waals surface area contributed by atoms with Crippen LogP contribution in [0, 0.1) is 0 Å². The average molecular weight is 210 g/mol. The second-order valence-electron chi connectivity index (χ2n) is 3.28. The van der Waals surface area contributed by atoms with Crippen molar-refractivity contribution in [2.75, 3.05) is 27.9 Å². The van der Waals surface area contributed by atoms with Crippen LogP contribution in [0.25, 0.3) is 0 Å². The van der Waals surface area contributed by atoms with Gasteiger partial charge in [0.2, 0.25) is 5.75 Å². The third kappa shape index (κ3) is 1.85. The Kier molecular flexibility index (Phi) is 2.68. The summed E-state index contributed by atoms with van der Waals surface area (Å²) < 4.78 is 20.9. The summed E-state index contributed by atoms with van der Waals surface area (Å²) in [4.78, 5) is 0. The van der Waals surface area contributed by atoms with E-state index in [0.717, 1.165) is 12.2 Å². The molecule has 82 valence electrons. The molecule has 0 aromatic heterocycles. The van der Waals surface area contributed by atoms with E-state index < -0.39 is 0 Å². The Morgan fingerprint density at radius 1 is 1.07 bits per heavy atom. The third-order valence-electron chi connectivity index (χ3n) is 2.39. The van der Waals surface area contributed by atoms with Gasteiger partial charge in [-0.15, -0.1) is 0 Å². The fraction of sp³-hybridized carbons (Fsp3) is 0.455. The molecule has 1 saturated heterocycles. The van der Waals surface area contributed by atoms with E-state index in [-0.39, 0.29) is 6.10 Å². The van der Waals surface area contributed by atoms with Crippen LogP contribution in [0.15, 0.2) is 12.1 Å². The van der Waals surface area contributed by atoms with Gasteiger partial charge in [0.15, 0.2) is 11.5 Å². The lowest BCUT2D eigenvalue weighted by molar-refractivity contribution is 0.322. The maximum atomic E-state index is 5.24. The molecule has 0 spiro atoms. The largest absolute Gasteiger partial charge is 0.493 e. The fourth-order valence-electron chi connectivity index (χ4n) is 1.53. The normalized spacial score (nSPS) is 18.5. The molecule has 4 nitrogen and oxygen atoms in total. The zero-order chi connectivity index (χ0) is 10.8. The molecule has 0 aliphatic carbocycles. The smallest absolute Gasteiger partial charge is 0.203 e. The second kappa shape index (κ2) is 3.98. The van der Waals surface area contributed by atoms with Gasteiger partial charge in [0.1, 0.15) is 6.10 Å². The molecule has 0 amide bonds. The summed E-state index contributed by atoms with van der Waals surface area (Å²) in [5, 5.41) is 0. The summed E-state index contributed by atoms with van der Waals surface area (Å²) in [6.45, 7) is 0.763. The van der Waals surface area contributed by atoms with E-state index in [1.165, 1.54) is 0 Å². The zero-order valence-electron chi connectivity index (χ0n) is 9.07. The SMILES string of the molecule is COc1cc([C@@H]2CO2)cc(OC)c1OC. The molecule has 0 radical (unpaired) electrons. The van der Waals surface area contributed by atoms with Gasteiger partial charge in [-0.3, -0.25) is 0 Å². The van der Waals surface area contributed by atoms with Crippen molar-refractivity contribution in [3.8, 4) is 17.2 Å². The molecule has 0 unspecified atom stereocenters. The topological polar surface area (TPSA) is 40.2 Å². The number of methoxy groups -OCH3 is 3. The Balaban J connectivity index is 2.45. The van der Waals surface area contributed by atoms with Gasteiger partial charge in [-0.05, 0) is 17.7 Å². The van der Waals surface area contributed by atoms with E-state index in [1.54, 1.807) is 21.3 Å². The molecule has 1 heterocycles. The molecule has 1 aliphatic heterocycles. The molecule has 1 aromatic rings.